The standard InChI is InChI=1S/C28H26N6O2/c1-2-6-22(5-1)27-19-33(31-29-27)13-15-35-25-11-9-21-10-12-26(18-24(21)17-25)36-16-14-34-20-28(30-32-34)23-7-3-4-8-23/h1-5,7,9-12,17-20H,6,8,13-16H2. The molecule has 4 aromatic rings. The van der Waals surface area contributed by atoms with Crippen LogP contribution in [0.25, 0.3) is 21.9 Å². The molecule has 0 N–H and O–H groups in total. The maximum absolute atomic E-state index is 5.99. The molecule has 0 fully saturated rings. The number of nitrogens with zero attached hydrogens (tertiary/aromatic N) is 6. The highest BCUT2D eigenvalue weighted by Gasteiger charge is 2.09. The van der Waals surface area contributed by atoms with Crippen LogP contribution in [0.3, 0.4) is 0 Å². The van der Waals surface area contributed by atoms with Crippen LogP contribution in [0.1, 0.15) is 24.2 Å². The van der Waals surface area contributed by atoms with Gasteiger partial charge in [-0.15, -0.1) is 10.2 Å². The summed E-state index contributed by atoms with van der Waals surface area (Å²) in [7, 11) is 0. The molecule has 8 nitrogen and oxygen atoms in total. The Kier molecular flexibility index (Phi) is 6.14. The summed E-state index contributed by atoms with van der Waals surface area (Å²) in [6, 6.07) is 12.2. The molecular weight excluding hydrogens is 452 g/mol. The molecule has 0 bridgehead atoms. The molecule has 0 atom stereocenters. The van der Waals surface area contributed by atoms with Gasteiger partial charge in [-0.05, 0) is 59.0 Å². The first-order valence-electron chi connectivity index (χ1n) is 12.1. The fourth-order valence-electron chi connectivity index (χ4n) is 4.28. The molecule has 0 amide bonds. The molecular formula is C28H26N6O2. The second kappa shape index (κ2) is 10.0. The fraction of sp³-hybridized carbons (Fsp3) is 0.214. The van der Waals surface area contributed by atoms with Crippen LogP contribution in [0.15, 0.2) is 85.2 Å². The highest BCUT2D eigenvalue weighted by Crippen LogP contribution is 2.26. The zero-order valence-corrected chi connectivity index (χ0v) is 19.8. The normalized spacial score (nSPS) is 14.4. The van der Waals surface area contributed by atoms with Crippen molar-refractivity contribution in [1.29, 1.82) is 0 Å². The van der Waals surface area contributed by atoms with Crippen LogP contribution in [0.4, 0.5) is 0 Å². The molecule has 0 saturated heterocycles. The molecule has 6 rings (SSSR count). The van der Waals surface area contributed by atoms with Gasteiger partial charge in [0.05, 0.1) is 25.5 Å². The number of hydrogen-bond acceptors (Lipinski definition) is 6. The second-order valence-corrected chi connectivity index (χ2v) is 8.75. The van der Waals surface area contributed by atoms with E-state index in [1.165, 1.54) is 11.1 Å². The van der Waals surface area contributed by atoms with Crippen LogP contribution >= 0.6 is 0 Å². The number of ether oxygens (including phenoxy) is 2. The van der Waals surface area contributed by atoms with E-state index in [1.807, 2.05) is 58.2 Å². The minimum absolute atomic E-state index is 0.509. The predicted octanol–water partition coefficient (Wildman–Crippen LogP) is 4.87. The van der Waals surface area contributed by atoms with E-state index in [4.69, 9.17) is 9.47 Å². The number of benzene rings is 2. The third-order valence-electron chi connectivity index (χ3n) is 6.24. The maximum atomic E-state index is 5.99. The van der Waals surface area contributed by atoms with Gasteiger partial charge in [0.15, 0.2) is 0 Å². The summed E-state index contributed by atoms with van der Waals surface area (Å²) in [4.78, 5) is 0. The zero-order valence-electron chi connectivity index (χ0n) is 19.8. The van der Waals surface area contributed by atoms with Gasteiger partial charge in [0, 0.05) is 0 Å². The van der Waals surface area contributed by atoms with Gasteiger partial charge in [-0.3, -0.25) is 0 Å². The third kappa shape index (κ3) is 4.98. The lowest BCUT2D eigenvalue weighted by atomic mass is 10.1. The van der Waals surface area contributed by atoms with Gasteiger partial charge in [-0.1, -0.05) is 59.0 Å². The molecule has 2 aliphatic rings. The molecule has 2 aromatic heterocycles. The van der Waals surface area contributed by atoms with Gasteiger partial charge < -0.3 is 9.47 Å². The van der Waals surface area contributed by atoms with Crippen LogP contribution in [-0.2, 0) is 13.1 Å². The van der Waals surface area contributed by atoms with Crippen LogP contribution in [-0.4, -0.2) is 43.2 Å². The summed E-state index contributed by atoms with van der Waals surface area (Å²) >= 11 is 0. The molecule has 2 aromatic carbocycles. The van der Waals surface area contributed by atoms with E-state index in [0.717, 1.165) is 46.5 Å². The van der Waals surface area contributed by atoms with E-state index in [-0.39, 0.29) is 0 Å². The van der Waals surface area contributed by atoms with Crippen LogP contribution in [0, 0.1) is 0 Å². The van der Waals surface area contributed by atoms with Crippen molar-refractivity contribution < 1.29 is 9.47 Å². The van der Waals surface area contributed by atoms with Crippen LogP contribution < -0.4 is 9.47 Å². The van der Waals surface area contributed by atoms with Crippen LogP contribution in [0.2, 0.25) is 0 Å². The SMILES string of the molecule is C1=CCC(c2cn(CCOc3ccc4ccc(OCCn5cc(C6=CC=CC6)nn5)cc4c3)nn2)=C1. The lowest BCUT2D eigenvalue weighted by Gasteiger charge is -2.09. The maximum Gasteiger partial charge on any atom is 0.120 e. The van der Waals surface area contributed by atoms with Gasteiger partial charge in [0.2, 0.25) is 0 Å². The topological polar surface area (TPSA) is 79.9 Å². The van der Waals surface area contributed by atoms with Crippen molar-refractivity contribution in [1.82, 2.24) is 30.0 Å². The number of allylic oxidation sites excluding steroid dienone is 8. The molecule has 0 spiro atoms. The predicted molar refractivity (Wildman–Crippen MR) is 138 cm³/mol. The molecule has 0 radical (unpaired) electrons. The van der Waals surface area contributed by atoms with Crippen molar-refractivity contribution in [3.8, 4) is 11.5 Å². The molecule has 0 aliphatic heterocycles. The first kappa shape index (κ1) is 22.0. The van der Waals surface area contributed by atoms with Crippen molar-refractivity contribution in [3.63, 3.8) is 0 Å². The summed E-state index contributed by atoms with van der Waals surface area (Å²) < 4.78 is 15.6. The van der Waals surface area contributed by atoms with Gasteiger partial charge >= 0.3 is 0 Å². The zero-order chi connectivity index (χ0) is 24.2. The Hall–Kier alpha value is -4.46. The highest BCUT2D eigenvalue weighted by atomic mass is 16.5. The third-order valence-corrected chi connectivity index (χ3v) is 6.24. The summed E-state index contributed by atoms with van der Waals surface area (Å²) in [5.41, 5.74) is 4.23. The lowest BCUT2D eigenvalue weighted by Crippen LogP contribution is -2.09. The monoisotopic (exact) mass is 478 g/mol. The van der Waals surface area contributed by atoms with E-state index in [9.17, 15) is 0 Å². The Balaban J connectivity index is 1.02. The Labute approximate surface area is 208 Å². The average molecular weight is 479 g/mol. The Morgan fingerprint density at radius 3 is 1.67 bits per heavy atom. The largest absolute Gasteiger partial charge is 0.492 e. The summed E-state index contributed by atoms with van der Waals surface area (Å²) in [6.45, 7) is 2.28. The summed E-state index contributed by atoms with van der Waals surface area (Å²) in [6.07, 6.45) is 18.3. The lowest BCUT2D eigenvalue weighted by molar-refractivity contribution is 0.289. The number of rotatable bonds is 10. The van der Waals surface area contributed by atoms with E-state index in [0.29, 0.717) is 26.3 Å². The first-order chi connectivity index (χ1) is 17.8. The minimum atomic E-state index is 0.509. The van der Waals surface area contributed by atoms with Crippen molar-refractivity contribution >= 4 is 21.9 Å². The Bertz CT molecular complexity index is 1400. The number of hydrogen-bond donors (Lipinski definition) is 0. The molecule has 0 saturated carbocycles. The summed E-state index contributed by atoms with van der Waals surface area (Å²) in [5.74, 6) is 1.63. The van der Waals surface area contributed by atoms with Crippen LogP contribution in [0.5, 0.6) is 11.5 Å². The molecule has 2 aliphatic carbocycles. The summed E-state index contributed by atoms with van der Waals surface area (Å²) in [5, 5.41) is 19.1. The number of aromatic nitrogens is 6. The van der Waals surface area contributed by atoms with Gasteiger partial charge in [-0.2, -0.15) is 0 Å². The smallest absolute Gasteiger partial charge is 0.120 e. The molecule has 36 heavy (non-hydrogen) atoms. The van der Waals surface area contributed by atoms with Crippen molar-refractivity contribution in [3.05, 3.63) is 96.6 Å². The molecule has 180 valence electrons. The molecule has 0 unspecified atom stereocenters. The van der Waals surface area contributed by atoms with Gasteiger partial charge in [0.1, 0.15) is 36.1 Å². The number of fused-ring (bicyclic) bond motifs is 1. The molecule has 8 heteroatoms. The average Bonchev–Trinajstić information content (AvgIpc) is 3.71. The Morgan fingerprint density at radius 2 is 1.19 bits per heavy atom. The van der Waals surface area contributed by atoms with E-state index in [1.54, 1.807) is 0 Å². The quantitative estimate of drug-likeness (QED) is 0.324. The van der Waals surface area contributed by atoms with Crippen molar-refractivity contribution in [2.24, 2.45) is 0 Å². The molecule has 2 heterocycles. The van der Waals surface area contributed by atoms with E-state index >= 15 is 0 Å². The first-order valence-corrected chi connectivity index (χ1v) is 12.1. The Morgan fingerprint density at radius 1 is 0.667 bits per heavy atom. The van der Waals surface area contributed by atoms with Crippen molar-refractivity contribution in [2.75, 3.05) is 13.2 Å². The van der Waals surface area contributed by atoms with Gasteiger partial charge in [0.25, 0.3) is 0 Å². The van der Waals surface area contributed by atoms with Gasteiger partial charge in [-0.25, -0.2) is 9.36 Å². The minimum Gasteiger partial charge on any atom is -0.492 e. The van der Waals surface area contributed by atoms with E-state index < -0.39 is 0 Å². The fourth-order valence-corrected chi connectivity index (χ4v) is 4.28. The van der Waals surface area contributed by atoms with E-state index in [2.05, 4.69) is 57.1 Å². The van der Waals surface area contributed by atoms with Crippen molar-refractivity contribution in [2.45, 2.75) is 25.9 Å². The second-order valence-electron chi connectivity index (χ2n) is 8.75. The highest BCUT2D eigenvalue weighted by molar-refractivity contribution is 5.85.